The molecule has 6 nitrogen and oxygen atoms in total. The number of sulfonamides is 1. The van der Waals surface area contributed by atoms with E-state index in [4.69, 9.17) is 15.6 Å². The number of nitrogen functional groups attached to an aromatic ring is 1. The molecular formula is C11H17FN2O4S. The van der Waals surface area contributed by atoms with Crippen molar-refractivity contribution in [1.82, 2.24) is 4.31 Å². The van der Waals surface area contributed by atoms with Crippen molar-refractivity contribution in [3.8, 4) is 5.75 Å². The Labute approximate surface area is 111 Å². The standard InChI is InChI=1S/C11H17FN2O4S/c1-3-14(4-5-15)19(16,17)8-6-9(12)11(18-2)10(13)7-8/h6-7,15H,3-5,13H2,1-2H3. The summed E-state index contributed by atoms with van der Waals surface area (Å²) in [7, 11) is -2.64. The van der Waals surface area contributed by atoms with Gasteiger partial charge in [-0.05, 0) is 12.1 Å². The number of benzene rings is 1. The van der Waals surface area contributed by atoms with Gasteiger partial charge in [-0.2, -0.15) is 4.31 Å². The Bertz CT molecular complexity index is 525. The van der Waals surface area contributed by atoms with Gasteiger partial charge in [0.15, 0.2) is 11.6 Å². The Morgan fingerprint density at radius 1 is 1.47 bits per heavy atom. The van der Waals surface area contributed by atoms with Crippen LogP contribution < -0.4 is 10.5 Å². The molecule has 0 radical (unpaired) electrons. The summed E-state index contributed by atoms with van der Waals surface area (Å²) in [6, 6.07) is 1.99. The summed E-state index contributed by atoms with van der Waals surface area (Å²) in [5.41, 5.74) is 5.45. The number of anilines is 1. The van der Waals surface area contributed by atoms with Gasteiger partial charge < -0.3 is 15.6 Å². The van der Waals surface area contributed by atoms with E-state index in [0.717, 1.165) is 16.4 Å². The maximum atomic E-state index is 13.7. The van der Waals surface area contributed by atoms with Crippen LogP contribution in [-0.4, -0.2) is 44.6 Å². The number of ether oxygens (including phenoxy) is 1. The molecule has 0 atom stereocenters. The third-order valence-corrected chi connectivity index (χ3v) is 4.54. The first-order chi connectivity index (χ1) is 8.88. The number of aliphatic hydroxyl groups is 1. The number of likely N-dealkylation sites (N-methyl/N-ethyl adjacent to an activating group) is 1. The maximum Gasteiger partial charge on any atom is 0.243 e. The number of nitrogens with zero attached hydrogens (tertiary/aromatic N) is 1. The molecule has 1 aromatic carbocycles. The lowest BCUT2D eigenvalue weighted by molar-refractivity contribution is 0.257. The van der Waals surface area contributed by atoms with Crippen molar-refractivity contribution >= 4 is 15.7 Å². The molecule has 0 aliphatic rings. The van der Waals surface area contributed by atoms with Gasteiger partial charge in [0.1, 0.15) is 0 Å². The van der Waals surface area contributed by atoms with Crippen LogP contribution in [-0.2, 0) is 10.0 Å². The minimum atomic E-state index is -3.89. The molecular weight excluding hydrogens is 275 g/mol. The molecule has 1 aromatic rings. The maximum absolute atomic E-state index is 13.7. The molecule has 19 heavy (non-hydrogen) atoms. The van der Waals surface area contributed by atoms with Crippen molar-refractivity contribution in [1.29, 1.82) is 0 Å². The highest BCUT2D eigenvalue weighted by Gasteiger charge is 2.25. The lowest BCUT2D eigenvalue weighted by Gasteiger charge is -2.20. The largest absolute Gasteiger partial charge is 0.492 e. The first-order valence-corrected chi connectivity index (χ1v) is 7.06. The zero-order valence-electron chi connectivity index (χ0n) is 10.8. The molecule has 0 amide bonds. The number of nitrogens with two attached hydrogens (primary N) is 1. The third-order valence-electron chi connectivity index (χ3n) is 2.59. The predicted molar refractivity (Wildman–Crippen MR) is 68.9 cm³/mol. The molecule has 0 unspecified atom stereocenters. The van der Waals surface area contributed by atoms with Crippen LogP contribution in [0.1, 0.15) is 6.92 Å². The molecule has 3 N–H and O–H groups in total. The second-order valence-corrected chi connectivity index (χ2v) is 5.69. The van der Waals surface area contributed by atoms with Gasteiger partial charge in [0.05, 0.1) is 24.3 Å². The number of rotatable bonds is 6. The van der Waals surface area contributed by atoms with E-state index in [1.807, 2.05) is 0 Å². The van der Waals surface area contributed by atoms with Crippen LogP contribution in [0.5, 0.6) is 5.75 Å². The Morgan fingerprint density at radius 2 is 2.11 bits per heavy atom. The van der Waals surface area contributed by atoms with Crippen molar-refractivity contribution in [3.05, 3.63) is 17.9 Å². The van der Waals surface area contributed by atoms with E-state index < -0.39 is 15.8 Å². The predicted octanol–water partition coefficient (Wildman–Crippen LogP) is 0.419. The monoisotopic (exact) mass is 292 g/mol. The van der Waals surface area contributed by atoms with Crippen LogP contribution in [0.2, 0.25) is 0 Å². The van der Waals surface area contributed by atoms with E-state index in [1.54, 1.807) is 6.92 Å². The highest BCUT2D eigenvalue weighted by Crippen LogP contribution is 2.29. The van der Waals surface area contributed by atoms with Crippen molar-refractivity contribution < 1.29 is 22.7 Å². The fraction of sp³-hybridized carbons (Fsp3) is 0.455. The van der Waals surface area contributed by atoms with Gasteiger partial charge in [0, 0.05) is 13.1 Å². The molecule has 0 saturated heterocycles. The van der Waals surface area contributed by atoms with Crippen LogP contribution in [0.15, 0.2) is 17.0 Å². The number of aliphatic hydroxyl groups excluding tert-OH is 1. The minimum Gasteiger partial charge on any atom is -0.492 e. The molecule has 8 heteroatoms. The fourth-order valence-electron chi connectivity index (χ4n) is 1.66. The lowest BCUT2D eigenvalue weighted by atomic mass is 10.3. The Kier molecular flexibility index (Phi) is 5.10. The van der Waals surface area contributed by atoms with Crippen molar-refractivity contribution in [2.45, 2.75) is 11.8 Å². The van der Waals surface area contributed by atoms with E-state index in [-0.39, 0.29) is 36.0 Å². The van der Waals surface area contributed by atoms with Crippen molar-refractivity contribution in [2.24, 2.45) is 0 Å². The number of hydrogen-bond donors (Lipinski definition) is 2. The van der Waals surface area contributed by atoms with Gasteiger partial charge in [-0.1, -0.05) is 6.92 Å². The summed E-state index contributed by atoms with van der Waals surface area (Å²) < 4.78 is 43.8. The van der Waals surface area contributed by atoms with E-state index in [0.29, 0.717) is 0 Å². The van der Waals surface area contributed by atoms with Gasteiger partial charge >= 0.3 is 0 Å². The van der Waals surface area contributed by atoms with Gasteiger partial charge in [-0.15, -0.1) is 0 Å². The molecule has 108 valence electrons. The van der Waals surface area contributed by atoms with Crippen LogP contribution in [0.3, 0.4) is 0 Å². The average Bonchev–Trinajstić information content (AvgIpc) is 2.35. The van der Waals surface area contributed by atoms with Crippen molar-refractivity contribution in [3.63, 3.8) is 0 Å². The summed E-state index contributed by atoms with van der Waals surface area (Å²) in [5.74, 6) is -1.04. The molecule has 0 heterocycles. The summed E-state index contributed by atoms with van der Waals surface area (Å²) in [6.07, 6.45) is 0. The second-order valence-electron chi connectivity index (χ2n) is 3.75. The molecule has 1 rings (SSSR count). The smallest absolute Gasteiger partial charge is 0.243 e. The Morgan fingerprint density at radius 3 is 2.53 bits per heavy atom. The molecule has 0 aliphatic carbocycles. The highest BCUT2D eigenvalue weighted by atomic mass is 32.2. The highest BCUT2D eigenvalue weighted by molar-refractivity contribution is 7.89. The van der Waals surface area contributed by atoms with Gasteiger partial charge in [0.2, 0.25) is 10.0 Å². The topological polar surface area (TPSA) is 92.9 Å². The van der Waals surface area contributed by atoms with Crippen LogP contribution in [0.4, 0.5) is 10.1 Å². The molecule has 0 spiro atoms. The normalized spacial score (nSPS) is 11.8. The van der Waals surface area contributed by atoms with Crippen molar-refractivity contribution in [2.75, 3.05) is 32.5 Å². The Balaban J connectivity index is 3.29. The second kappa shape index (κ2) is 6.18. The summed E-state index contributed by atoms with van der Waals surface area (Å²) in [4.78, 5) is -0.265. The van der Waals surface area contributed by atoms with Gasteiger partial charge in [-0.25, -0.2) is 12.8 Å². The molecule has 0 bridgehead atoms. The van der Waals surface area contributed by atoms with E-state index >= 15 is 0 Å². The zero-order valence-corrected chi connectivity index (χ0v) is 11.6. The van der Waals surface area contributed by atoms with E-state index in [1.165, 1.54) is 7.11 Å². The first kappa shape index (κ1) is 15.7. The summed E-state index contributed by atoms with van der Waals surface area (Å²) in [5, 5.41) is 8.84. The zero-order chi connectivity index (χ0) is 14.6. The van der Waals surface area contributed by atoms with Crippen LogP contribution >= 0.6 is 0 Å². The molecule has 0 aromatic heterocycles. The lowest BCUT2D eigenvalue weighted by Crippen LogP contribution is -2.33. The average molecular weight is 292 g/mol. The minimum absolute atomic E-state index is 0.0631. The molecule has 0 fully saturated rings. The van der Waals surface area contributed by atoms with E-state index in [2.05, 4.69) is 0 Å². The third kappa shape index (κ3) is 3.14. The fourth-order valence-corrected chi connectivity index (χ4v) is 3.15. The first-order valence-electron chi connectivity index (χ1n) is 5.62. The van der Waals surface area contributed by atoms with E-state index in [9.17, 15) is 12.8 Å². The van der Waals surface area contributed by atoms with Crippen LogP contribution in [0.25, 0.3) is 0 Å². The summed E-state index contributed by atoms with van der Waals surface area (Å²) >= 11 is 0. The van der Waals surface area contributed by atoms with Crippen LogP contribution in [0, 0.1) is 5.82 Å². The number of methoxy groups -OCH3 is 1. The SMILES string of the molecule is CCN(CCO)S(=O)(=O)c1cc(N)c(OC)c(F)c1. The number of halogens is 1. The molecule has 0 aliphatic heterocycles. The quantitative estimate of drug-likeness (QED) is 0.741. The van der Waals surface area contributed by atoms with Gasteiger partial charge in [0.25, 0.3) is 0 Å². The Hall–Kier alpha value is -1.38. The summed E-state index contributed by atoms with van der Waals surface area (Å²) in [6.45, 7) is 1.40. The van der Waals surface area contributed by atoms with Gasteiger partial charge in [-0.3, -0.25) is 0 Å². The number of hydrogen-bond acceptors (Lipinski definition) is 5. The molecule has 0 saturated carbocycles.